The Hall–Kier alpha value is -1.64. The number of carbonyl (C=O) groups is 2. The molecule has 0 N–H and O–H groups in total. The van der Waals surface area contributed by atoms with E-state index in [-0.39, 0.29) is 11.8 Å². The SMILES string of the molecule is CCCCCCC(=O)c1ccc(C(=O)OC)cc1. The van der Waals surface area contributed by atoms with Crippen LogP contribution < -0.4 is 0 Å². The second-order valence-electron chi connectivity index (χ2n) is 4.30. The van der Waals surface area contributed by atoms with Crippen LogP contribution in [-0.2, 0) is 4.74 Å². The average molecular weight is 248 g/mol. The number of carbonyl (C=O) groups excluding carboxylic acids is 2. The first-order valence-electron chi connectivity index (χ1n) is 6.40. The molecule has 1 aromatic rings. The number of rotatable bonds is 7. The summed E-state index contributed by atoms with van der Waals surface area (Å²) in [5, 5.41) is 0. The standard InChI is InChI=1S/C15H20O3/c1-3-4-5-6-7-14(16)12-8-10-13(11-9-12)15(17)18-2/h8-11H,3-7H2,1-2H3. The Morgan fingerprint density at radius 3 is 2.17 bits per heavy atom. The molecule has 0 aliphatic carbocycles. The lowest BCUT2D eigenvalue weighted by molar-refractivity contribution is 0.0600. The van der Waals surface area contributed by atoms with Crippen LogP contribution in [0.25, 0.3) is 0 Å². The van der Waals surface area contributed by atoms with Gasteiger partial charge >= 0.3 is 5.97 Å². The molecule has 0 radical (unpaired) electrons. The van der Waals surface area contributed by atoms with Crippen LogP contribution >= 0.6 is 0 Å². The number of hydrogen-bond donors (Lipinski definition) is 0. The summed E-state index contributed by atoms with van der Waals surface area (Å²) in [6, 6.07) is 6.64. The molecular formula is C15H20O3. The van der Waals surface area contributed by atoms with Crippen LogP contribution in [0.2, 0.25) is 0 Å². The second-order valence-corrected chi connectivity index (χ2v) is 4.30. The van der Waals surface area contributed by atoms with E-state index < -0.39 is 0 Å². The van der Waals surface area contributed by atoms with Crippen LogP contribution in [0.3, 0.4) is 0 Å². The van der Waals surface area contributed by atoms with Crippen molar-refractivity contribution < 1.29 is 14.3 Å². The summed E-state index contributed by atoms with van der Waals surface area (Å²) in [6.07, 6.45) is 4.96. The molecule has 18 heavy (non-hydrogen) atoms. The molecule has 0 fully saturated rings. The van der Waals surface area contributed by atoms with Crippen molar-refractivity contribution in [1.82, 2.24) is 0 Å². The van der Waals surface area contributed by atoms with E-state index in [1.54, 1.807) is 24.3 Å². The van der Waals surface area contributed by atoms with Gasteiger partial charge in [0.05, 0.1) is 12.7 Å². The molecule has 0 amide bonds. The number of benzene rings is 1. The lowest BCUT2D eigenvalue weighted by Crippen LogP contribution is -2.03. The zero-order chi connectivity index (χ0) is 13.4. The molecular weight excluding hydrogens is 228 g/mol. The molecule has 3 heteroatoms. The lowest BCUT2D eigenvalue weighted by Gasteiger charge is -2.03. The van der Waals surface area contributed by atoms with Crippen molar-refractivity contribution in [2.75, 3.05) is 7.11 Å². The van der Waals surface area contributed by atoms with Crippen molar-refractivity contribution in [3.63, 3.8) is 0 Å². The van der Waals surface area contributed by atoms with E-state index in [4.69, 9.17) is 0 Å². The van der Waals surface area contributed by atoms with Gasteiger partial charge in [-0.15, -0.1) is 0 Å². The Balaban J connectivity index is 2.51. The van der Waals surface area contributed by atoms with Gasteiger partial charge in [0.15, 0.2) is 5.78 Å². The number of esters is 1. The molecule has 3 nitrogen and oxygen atoms in total. The molecule has 0 spiro atoms. The van der Waals surface area contributed by atoms with Gasteiger partial charge in [-0.2, -0.15) is 0 Å². The normalized spacial score (nSPS) is 10.1. The third-order valence-electron chi connectivity index (χ3n) is 2.89. The fraction of sp³-hybridized carbons (Fsp3) is 0.467. The highest BCUT2D eigenvalue weighted by Crippen LogP contribution is 2.11. The predicted molar refractivity (Wildman–Crippen MR) is 70.9 cm³/mol. The lowest BCUT2D eigenvalue weighted by atomic mass is 10.0. The van der Waals surface area contributed by atoms with Gasteiger partial charge in [0.1, 0.15) is 0 Å². The van der Waals surface area contributed by atoms with Gasteiger partial charge < -0.3 is 4.74 Å². The zero-order valence-electron chi connectivity index (χ0n) is 11.1. The summed E-state index contributed by atoms with van der Waals surface area (Å²) in [7, 11) is 1.34. The van der Waals surface area contributed by atoms with E-state index in [9.17, 15) is 9.59 Å². The van der Waals surface area contributed by atoms with E-state index in [0.717, 1.165) is 12.8 Å². The maximum atomic E-state index is 11.8. The van der Waals surface area contributed by atoms with E-state index >= 15 is 0 Å². The molecule has 0 saturated carbocycles. The van der Waals surface area contributed by atoms with Crippen molar-refractivity contribution in [3.8, 4) is 0 Å². The van der Waals surface area contributed by atoms with Gasteiger partial charge in [-0.25, -0.2) is 4.79 Å². The minimum absolute atomic E-state index is 0.141. The Morgan fingerprint density at radius 2 is 1.61 bits per heavy atom. The number of ketones is 1. The highest BCUT2D eigenvalue weighted by Gasteiger charge is 2.08. The summed E-state index contributed by atoms with van der Waals surface area (Å²) in [4.78, 5) is 23.1. The average Bonchev–Trinajstić information content (AvgIpc) is 2.42. The summed E-state index contributed by atoms with van der Waals surface area (Å²) in [5.41, 5.74) is 1.14. The predicted octanol–water partition coefficient (Wildman–Crippen LogP) is 3.63. The maximum absolute atomic E-state index is 11.8. The first-order chi connectivity index (χ1) is 8.69. The zero-order valence-corrected chi connectivity index (χ0v) is 11.1. The van der Waals surface area contributed by atoms with Crippen molar-refractivity contribution in [1.29, 1.82) is 0 Å². The molecule has 0 unspecified atom stereocenters. The van der Waals surface area contributed by atoms with E-state index in [2.05, 4.69) is 11.7 Å². The van der Waals surface area contributed by atoms with Gasteiger partial charge in [0.2, 0.25) is 0 Å². The Bertz CT molecular complexity index is 393. The van der Waals surface area contributed by atoms with Crippen LogP contribution in [0.1, 0.15) is 59.7 Å². The molecule has 0 bridgehead atoms. The molecule has 0 heterocycles. The monoisotopic (exact) mass is 248 g/mol. The molecule has 98 valence electrons. The molecule has 0 saturated heterocycles. The fourth-order valence-corrected chi connectivity index (χ4v) is 1.77. The number of Topliss-reactive ketones (excluding diaryl/α,β-unsaturated/α-hetero) is 1. The first-order valence-corrected chi connectivity index (χ1v) is 6.40. The molecule has 0 aromatic heterocycles. The largest absolute Gasteiger partial charge is 0.465 e. The summed E-state index contributed by atoms with van der Waals surface area (Å²) in [5.74, 6) is -0.237. The van der Waals surface area contributed by atoms with Crippen molar-refractivity contribution in [2.45, 2.75) is 39.0 Å². The van der Waals surface area contributed by atoms with E-state index in [1.807, 2.05) is 0 Å². The summed E-state index contributed by atoms with van der Waals surface area (Å²) >= 11 is 0. The van der Waals surface area contributed by atoms with Crippen LogP contribution in [0.15, 0.2) is 24.3 Å². The third-order valence-corrected chi connectivity index (χ3v) is 2.89. The second kappa shape index (κ2) is 7.64. The van der Waals surface area contributed by atoms with Crippen LogP contribution in [-0.4, -0.2) is 18.9 Å². The highest BCUT2D eigenvalue weighted by atomic mass is 16.5. The van der Waals surface area contributed by atoms with Crippen molar-refractivity contribution in [2.24, 2.45) is 0 Å². The van der Waals surface area contributed by atoms with E-state index in [1.165, 1.54) is 20.0 Å². The molecule has 0 atom stereocenters. The molecule has 0 aliphatic rings. The van der Waals surface area contributed by atoms with Crippen molar-refractivity contribution >= 4 is 11.8 Å². The minimum atomic E-state index is -0.378. The molecule has 0 aliphatic heterocycles. The first kappa shape index (κ1) is 14.4. The topological polar surface area (TPSA) is 43.4 Å². The number of hydrogen-bond acceptors (Lipinski definition) is 3. The highest BCUT2D eigenvalue weighted by molar-refractivity contribution is 5.97. The van der Waals surface area contributed by atoms with Gasteiger partial charge in [-0.05, 0) is 18.6 Å². The molecule has 1 rings (SSSR count). The Morgan fingerprint density at radius 1 is 1.00 bits per heavy atom. The number of unbranched alkanes of at least 4 members (excludes halogenated alkanes) is 3. The van der Waals surface area contributed by atoms with Crippen LogP contribution in [0.4, 0.5) is 0 Å². The van der Waals surface area contributed by atoms with Gasteiger partial charge in [0, 0.05) is 12.0 Å². The number of methoxy groups -OCH3 is 1. The molecule has 1 aromatic carbocycles. The number of ether oxygens (including phenoxy) is 1. The quantitative estimate of drug-likeness (QED) is 0.420. The Kier molecular flexibility index (Phi) is 6.12. The Labute approximate surface area is 108 Å². The van der Waals surface area contributed by atoms with E-state index in [0.29, 0.717) is 17.5 Å². The fourth-order valence-electron chi connectivity index (χ4n) is 1.77. The summed E-state index contributed by atoms with van der Waals surface area (Å²) < 4.78 is 4.60. The smallest absolute Gasteiger partial charge is 0.337 e. The van der Waals surface area contributed by atoms with Crippen LogP contribution in [0.5, 0.6) is 0 Å². The summed E-state index contributed by atoms with van der Waals surface area (Å²) in [6.45, 7) is 2.15. The maximum Gasteiger partial charge on any atom is 0.337 e. The van der Waals surface area contributed by atoms with Gasteiger partial charge in [-0.1, -0.05) is 38.3 Å². The van der Waals surface area contributed by atoms with Crippen LogP contribution in [0, 0.1) is 0 Å². The van der Waals surface area contributed by atoms with Gasteiger partial charge in [0.25, 0.3) is 0 Å². The minimum Gasteiger partial charge on any atom is -0.465 e. The van der Waals surface area contributed by atoms with Gasteiger partial charge in [-0.3, -0.25) is 4.79 Å². The van der Waals surface area contributed by atoms with Crippen molar-refractivity contribution in [3.05, 3.63) is 35.4 Å². The third kappa shape index (κ3) is 4.32.